The van der Waals surface area contributed by atoms with Crippen LogP contribution in [-0.2, 0) is 6.42 Å². The monoisotopic (exact) mass is 314 g/mol. The molecule has 19 heavy (non-hydrogen) atoms. The quantitative estimate of drug-likeness (QED) is 0.833. The summed E-state index contributed by atoms with van der Waals surface area (Å²) in [5.74, 6) is 0. The average molecular weight is 315 g/mol. The zero-order chi connectivity index (χ0) is 13.7. The highest BCUT2D eigenvalue weighted by Crippen LogP contribution is 2.36. The van der Waals surface area contributed by atoms with E-state index in [4.69, 9.17) is 23.2 Å². The Morgan fingerprint density at radius 1 is 1.42 bits per heavy atom. The van der Waals surface area contributed by atoms with Gasteiger partial charge < -0.3 is 5.32 Å². The van der Waals surface area contributed by atoms with Crippen molar-refractivity contribution in [2.45, 2.75) is 25.8 Å². The molecule has 0 saturated carbocycles. The van der Waals surface area contributed by atoms with Crippen molar-refractivity contribution >= 4 is 34.5 Å². The van der Waals surface area contributed by atoms with E-state index in [1.54, 1.807) is 6.20 Å². The fourth-order valence-electron chi connectivity index (χ4n) is 1.96. The van der Waals surface area contributed by atoms with Gasteiger partial charge in [-0.2, -0.15) is 0 Å². The molecule has 0 amide bonds. The molecule has 0 bridgehead atoms. The minimum atomic E-state index is 0.181. The number of rotatable bonds is 6. The number of nitrogens with zero attached hydrogens (tertiary/aromatic N) is 1. The Kier molecular flexibility index (Phi) is 5.64. The Bertz CT molecular complexity index is 513. The molecule has 102 valence electrons. The van der Waals surface area contributed by atoms with Gasteiger partial charge in [0.15, 0.2) is 0 Å². The van der Waals surface area contributed by atoms with Crippen LogP contribution < -0.4 is 5.32 Å². The van der Waals surface area contributed by atoms with E-state index in [1.165, 1.54) is 16.9 Å². The summed E-state index contributed by atoms with van der Waals surface area (Å²) in [6.45, 7) is 3.10. The van der Waals surface area contributed by atoms with Crippen LogP contribution in [-0.4, -0.2) is 11.5 Å². The molecule has 2 aromatic rings. The summed E-state index contributed by atoms with van der Waals surface area (Å²) in [5, 5.41) is 3.52. The lowest BCUT2D eigenvalue weighted by atomic mass is 10.0. The minimum Gasteiger partial charge on any atom is -0.310 e. The molecular formula is C14H16Cl2N2S. The van der Waals surface area contributed by atoms with Crippen molar-refractivity contribution in [1.82, 2.24) is 10.3 Å². The number of halogens is 2. The van der Waals surface area contributed by atoms with E-state index in [0.717, 1.165) is 33.6 Å². The molecule has 0 spiro atoms. The molecule has 0 aromatic carbocycles. The van der Waals surface area contributed by atoms with Crippen molar-refractivity contribution < 1.29 is 0 Å². The van der Waals surface area contributed by atoms with E-state index in [0.29, 0.717) is 0 Å². The largest absolute Gasteiger partial charge is 0.310 e. The van der Waals surface area contributed by atoms with Crippen molar-refractivity contribution in [2.24, 2.45) is 0 Å². The van der Waals surface area contributed by atoms with Crippen LogP contribution >= 0.6 is 34.5 Å². The van der Waals surface area contributed by atoms with Crippen molar-refractivity contribution in [3.63, 3.8) is 0 Å². The molecule has 0 aliphatic heterocycles. The predicted octanol–water partition coefficient (Wildman–Crippen LogP) is 4.73. The van der Waals surface area contributed by atoms with E-state index < -0.39 is 0 Å². The van der Waals surface area contributed by atoms with E-state index in [-0.39, 0.29) is 6.04 Å². The van der Waals surface area contributed by atoms with Gasteiger partial charge in [-0.15, -0.1) is 11.3 Å². The second-order valence-electron chi connectivity index (χ2n) is 4.35. The SMILES string of the molecule is CCCNC(Cc1cccnc1)c1cc(Cl)sc1Cl. The third-order valence-corrected chi connectivity index (χ3v) is 4.38. The van der Waals surface area contributed by atoms with Crippen LogP contribution in [0, 0.1) is 0 Å². The molecule has 0 aliphatic rings. The molecule has 0 aliphatic carbocycles. The molecule has 1 atom stereocenters. The molecule has 2 nitrogen and oxygen atoms in total. The second kappa shape index (κ2) is 7.25. The van der Waals surface area contributed by atoms with Crippen LogP contribution in [0.15, 0.2) is 30.6 Å². The number of aromatic nitrogens is 1. The second-order valence-corrected chi connectivity index (χ2v) is 6.64. The van der Waals surface area contributed by atoms with Gasteiger partial charge in [-0.05, 0) is 37.1 Å². The maximum atomic E-state index is 6.26. The van der Waals surface area contributed by atoms with Crippen molar-refractivity contribution in [3.05, 3.63) is 50.4 Å². The maximum Gasteiger partial charge on any atom is 0.0992 e. The molecule has 2 aromatic heterocycles. The van der Waals surface area contributed by atoms with E-state index in [2.05, 4.69) is 23.3 Å². The number of hydrogen-bond donors (Lipinski definition) is 1. The Morgan fingerprint density at radius 2 is 2.26 bits per heavy atom. The highest BCUT2D eigenvalue weighted by Gasteiger charge is 2.17. The normalized spacial score (nSPS) is 12.6. The van der Waals surface area contributed by atoms with Gasteiger partial charge in [-0.25, -0.2) is 0 Å². The summed E-state index contributed by atoms with van der Waals surface area (Å²) in [5.41, 5.74) is 2.27. The lowest BCUT2D eigenvalue weighted by Crippen LogP contribution is -2.24. The van der Waals surface area contributed by atoms with Crippen molar-refractivity contribution in [1.29, 1.82) is 0 Å². The summed E-state index contributed by atoms with van der Waals surface area (Å²) in [6, 6.07) is 6.17. The van der Waals surface area contributed by atoms with E-state index in [1.807, 2.05) is 18.3 Å². The van der Waals surface area contributed by atoms with Gasteiger partial charge in [0, 0.05) is 24.0 Å². The molecule has 2 heterocycles. The number of hydrogen-bond acceptors (Lipinski definition) is 3. The summed E-state index contributed by atoms with van der Waals surface area (Å²) in [6.07, 6.45) is 5.62. The zero-order valence-electron chi connectivity index (χ0n) is 10.7. The Balaban J connectivity index is 2.18. The van der Waals surface area contributed by atoms with Crippen molar-refractivity contribution in [3.8, 4) is 0 Å². The van der Waals surface area contributed by atoms with Gasteiger partial charge in [0.2, 0.25) is 0 Å². The first-order valence-corrected chi connectivity index (χ1v) is 7.85. The predicted molar refractivity (Wildman–Crippen MR) is 83.3 cm³/mol. The third kappa shape index (κ3) is 4.18. The van der Waals surface area contributed by atoms with Gasteiger partial charge >= 0.3 is 0 Å². The number of pyridine rings is 1. The highest BCUT2D eigenvalue weighted by atomic mass is 35.5. The number of thiophene rings is 1. The first-order chi connectivity index (χ1) is 9.20. The molecule has 0 saturated heterocycles. The van der Waals surface area contributed by atoms with Gasteiger partial charge in [-0.3, -0.25) is 4.98 Å². The lowest BCUT2D eigenvalue weighted by molar-refractivity contribution is 0.530. The molecule has 0 radical (unpaired) electrons. The molecule has 2 rings (SSSR count). The smallest absolute Gasteiger partial charge is 0.0992 e. The average Bonchev–Trinajstić information content (AvgIpc) is 2.75. The third-order valence-electron chi connectivity index (χ3n) is 2.86. The fraction of sp³-hybridized carbons (Fsp3) is 0.357. The molecule has 0 fully saturated rings. The Labute approximate surface area is 127 Å². The van der Waals surface area contributed by atoms with Crippen LogP contribution in [0.5, 0.6) is 0 Å². The molecule has 1 unspecified atom stereocenters. The fourth-order valence-corrected chi connectivity index (χ4v) is 3.54. The summed E-state index contributed by atoms with van der Waals surface area (Å²) < 4.78 is 1.50. The van der Waals surface area contributed by atoms with Gasteiger partial charge in [-0.1, -0.05) is 36.2 Å². The molecule has 5 heteroatoms. The highest BCUT2D eigenvalue weighted by molar-refractivity contribution is 7.20. The van der Waals surface area contributed by atoms with Crippen molar-refractivity contribution in [2.75, 3.05) is 6.54 Å². The first-order valence-electron chi connectivity index (χ1n) is 6.27. The van der Waals surface area contributed by atoms with Crippen LogP contribution in [0.2, 0.25) is 8.67 Å². The summed E-state index contributed by atoms with van der Waals surface area (Å²) in [4.78, 5) is 4.16. The van der Waals surface area contributed by atoms with Crippen LogP contribution in [0.1, 0.15) is 30.5 Å². The maximum absolute atomic E-state index is 6.26. The van der Waals surface area contributed by atoms with Gasteiger partial charge in [0.05, 0.1) is 8.67 Å². The molecular weight excluding hydrogens is 299 g/mol. The summed E-state index contributed by atoms with van der Waals surface area (Å²) >= 11 is 13.7. The minimum absolute atomic E-state index is 0.181. The van der Waals surface area contributed by atoms with E-state index >= 15 is 0 Å². The first kappa shape index (κ1) is 14.8. The topological polar surface area (TPSA) is 24.9 Å². The Hall–Kier alpha value is -0.610. The standard InChI is InChI=1S/C14H16Cl2N2S/c1-2-5-18-12(7-10-4-3-6-17-9-10)11-8-13(15)19-14(11)16/h3-4,6,8-9,12,18H,2,5,7H2,1H3. The molecule has 1 N–H and O–H groups in total. The lowest BCUT2D eigenvalue weighted by Gasteiger charge is -2.18. The van der Waals surface area contributed by atoms with Crippen LogP contribution in [0.25, 0.3) is 0 Å². The Morgan fingerprint density at radius 3 is 2.84 bits per heavy atom. The zero-order valence-corrected chi connectivity index (χ0v) is 13.0. The van der Waals surface area contributed by atoms with Crippen LogP contribution in [0.4, 0.5) is 0 Å². The van der Waals surface area contributed by atoms with Gasteiger partial charge in [0.1, 0.15) is 0 Å². The van der Waals surface area contributed by atoms with Gasteiger partial charge in [0.25, 0.3) is 0 Å². The number of nitrogens with one attached hydrogen (secondary N) is 1. The van der Waals surface area contributed by atoms with Crippen LogP contribution in [0.3, 0.4) is 0 Å². The van der Waals surface area contributed by atoms with E-state index in [9.17, 15) is 0 Å². The summed E-state index contributed by atoms with van der Waals surface area (Å²) in [7, 11) is 0.